The average molecular weight is 233 g/mol. The smallest absolute Gasteiger partial charge is 0 e. The van der Waals surface area contributed by atoms with Crippen LogP contribution in [0, 0.1) is 20.8 Å². The number of rotatable bonds is 0. The third kappa shape index (κ3) is 217. The van der Waals surface area contributed by atoms with Gasteiger partial charge in [0, 0.05) is 19.5 Å². The van der Waals surface area contributed by atoms with Crippen molar-refractivity contribution in [1.29, 1.82) is 0 Å². The molecule has 0 saturated carbocycles. The zero-order valence-electron chi connectivity index (χ0n) is 6.24. The molecule has 52 valence electrons. The monoisotopic (exact) mass is 231 g/mol. The standard InChI is InChI=1S/3C2H5.BrH.Zn/c3*1-2;;/h3*1H2,2H3;1H;/q3*-1;;. The van der Waals surface area contributed by atoms with Crippen molar-refractivity contribution in [3.63, 3.8) is 0 Å². The van der Waals surface area contributed by atoms with E-state index in [1.807, 2.05) is 0 Å². The van der Waals surface area contributed by atoms with E-state index in [4.69, 9.17) is 0 Å². The molecule has 2 heteroatoms. The fourth-order valence-electron chi connectivity index (χ4n) is 0. The van der Waals surface area contributed by atoms with Crippen molar-refractivity contribution in [2.24, 2.45) is 0 Å². The molecule has 0 spiro atoms. The Kier molecular flexibility index (Phi) is 1490. The van der Waals surface area contributed by atoms with Crippen LogP contribution in [0.2, 0.25) is 0 Å². The summed E-state index contributed by atoms with van der Waals surface area (Å²) in [5.41, 5.74) is 0. The fourth-order valence-corrected chi connectivity index (χ4v) is 0. The second-order valence-corrected chi connectivity index (χ2v) is 0. The van der Waals surface area contributed by atoms with Gasteiger partial charge in [-0.3, -0.25) is 0 Å². The van der Waals surface area contributed by atoms with Crippen LogP contribution in [0.5, 0.6) is 0 Å². The second-order valence-electron chi connectivity index (χ2n) is 0. The second kappa shape index (κ2) is 336. The van der Waals surface area contributed by atoms with Crippen molar-refractivity contribution in [2.45, 2.75) is 20.8 Å². The van der Waals surface area contributed by atoms with E-state index >= 15 is 0 Å². The maximum absolute atomic E-state index is 3.25. The van der Waals surface area contributed by atoms with Gasteiger partial charge in [0.2, 0.25) is 0 Å². The van der Waals surface area contributed by atoms with Gasteiger partial charge in [0.05, 0.1) is 0 Å². The summed E-state index contributed by atoms with van der Waals surface area (Å²) in [6, 6.07) is 0. The predicted octanol–water partition coefficient (Wildman–Crippen LogP) is 3.10. The Morgan fingerprint density at radius 3 is 0.625 bits per heavy atom. The Labute approximate surface area is 78.0 Å². The molecule has 0 unspecified atom stereocenters. The molecule has 0 rings (SSSR count). The minimum atomic E-state index is 0. The minimum Gasteiger partial charge on any atom is -0.346 e. The molecule has 0 fully saturated rings. The molecule has 0 aromatic heterocycles. The van der Waals surface area contributed by atoms with Crippen molar-refractivity contribution in [2.75, 3.05) is 0 Å². The van der Waals surface area contributed by atoms with Crippen LogP contribution >= 0.6 is 17.0 Å². The van der Waals surface area contributed by atoms with Gasteiger partial charge in [0.1, 0.15) is 0 Å². The summed E-state index contributed by atoms with van der Waals surface area (Å²) >= 11 is 0. The first-order valence-corrected chi connectivity index (χ1v) is 2.12. The maximum atomic E-state index is 3.25. The third-order valence-corrected chi connectivity index (χ3v) is 0. The van der Waals surface area contributed by atoms with Gasteiger partial charge < -0.3 is 20.8 Å². The van der Waals surface area contributed by atoms with Crippen LogP contribution in [0.3, 0.4) is 0 Å². The summed E-state index contributed by atoms with van der Waals surface area (Å²) in [4.78, 5) is 0. The molecule has 8 heavy (non-hydrogen) atoms. The third-order valence-electron chi connectivity index (χ3n) is 0. The summed E-state index contributed by atoms with van der Waals surface area (Å²) in [7, 11) is 0. The Morgan fingerprint density at radius 2 is 0.625 bits per heavy atom. The Hall–Kier alpha value is 1.10. The van der Waals surface area contributed by atoms with E-state index in [-0.39, 0.29) is 36.5 Å². The summed E-state index contributed by atoms with van der Waals surface area (Å²) in [5.74, 6) is 0. The van der Waals surface area contributed by atoms with Gasteiger partial charge in [-0.05, 0) is 0 Å². The van der Waals surface area contributed by atoms with Gasteiger partial charge in [-0.15, -0.1) is 17.0 Å². The molecule has 0 aliphatic carbocycles. The van der Waals surface area contributed by atoms with Crippen LogP contribution in [-0.4, -0.2) is 0 Å². The number of halogens is 1. The van der Waals surface area contributed by atoms with Gasteiger partial charge in [-0.25, -0.2) is 0 Å². The molecule has 0 aliphatic heterocycles. The maximum Gasteiger partial charge on any atom is 0 e. The Morgan fingerprint density at radius 1 is 0.625 bits per heavy atom. The Balaban J connectivity index is -0.00000000500. The van der Waals surface area contributed by atoms with Crippen LogP contribution in [0.1, 0.15) is 20.8 Å². The molecular weight excluding hydrogens is 217 g/mol. The molecular formula is C6H16BrZn-3. The van der Waals surface area contributed by atoms with E-state index in [0.717, 1.165) is 0 Å². The summed E-state index contributed by atoms with van der Waals surface area (Å²) in [6.45, 7) is 15.0. The molecule has 0 heterocycles. The first kappa shape index (κ1) is 35.5. The normalized spacial score (nSPS) is 2.25. The topological polar surface area (TPSA) is 0 Å². The first-order chi connectivity index (χ1) is 3.00. The van der Waals surface area contributed by atoms with E-state index < -0.39 is 0 Å². The molecule has 0 N–H and O–H groups in total. The Bertz CT molecular complexity index is 8.49. The largest absolute Gasteiger partial charge is 0.346 e. The zero-order valence-corrected chi connectivity index (χ0v) is 10.9. The summed E-state index contributed by atoms with van der Waals surface area (Å²) < 4.78 is 0. The molecule has 0 bridgehead atoms. The number of hydrogen-bond acceptors (Lipinski definition) is 0. The van der Waals surface area contributed by atoms with Gasteiger partial charge in [-0.2, -0.15) is 20.8 Å². The molecule has 0 aromatic rings. The molecule has 0 atom stereocenters. The van der Waals surface area contributed by atoms with Crippen molar-refractivity contribution >= 4 is 17.0 Å². The van der Waals surface area contributed by atoms with E-state index in [1.54, 1.807) is 20.8 Å². The summed E-state index contributed by atoms with van der Waals surface area (Å²) in [5, 5.41) is 0. The van der Waals surface area contributed by atoms with Crippen LogP contribution in [-0.2, 0) is 19.5 Å². The molecule has 0 saturated heterocycles. The van der Waals surface area contributed by atoms with E-state index in [2.05, 4.69) is 20.8 Å². The van der Waals surface area contributed by atoms with Gasteiger partial charge in [0.15, 0.2) is 0 Å². The zero-order chi connectivity index (χ0) is 6.00. The molecule has 0 aromatic carbocycles. The SMILES string of the molecule is Br.[CH2-]C.[CH2-]C.[CH2-]C.[Zn]. The van der Waals surface area contributed by atoms with E-state index in [9.17, 15) is 0 Å². The van der Waals surface area contributed by atoms with Crippen LogP contribution in [0.25, 0.3) is 0 Å². The minimum absolute atomic E-state index is 0. The average Bonchev–Trinajstić information content (AvgIpc) is 1.81. The molecule has 0 nitrogen and oxygen atoms in total. The van der Waals surface area contributed by atoms with Gasteiger partial charge in [-0.1, -0.05) is 0 Å². The molecule has 0 aliphatic rings. The fraction of sp³-hybridized carbons (Fsp3) is 0.500. The molecule has 0 amide bonds. The van der Waals surface area contributed by atoms with Gasteiger partial charge in [0.25, 0.3) is 0 Å². The van der Waals surface area contributed by atoms with Crippen LogP contribution < -0.4 is 0 Å². The predicted molar refractivity (Wildman–Crippen MR) is 43.4 cm³/mol. The van der Waals surface area contributed by atoms with Crippen molar-refractivity contribution in [3.05, 3.63) is 20.8 Å². The van der Waals surface area contributed by atoms with Crippen molar-refractivity contribution in [3.8, 4) is 0 Å². The van der Waals surface area contributed by atoms with Crippen molar-refractivity contribution < 1.29 is 19.5 Å². The summed E-state index contributed by atoms with van der Waals surface area (Å²) in [6.07, 6.45) is 0. The van der Waals surface area contributed by atoms with Crippen molar-refractivity contribution in [1.82, 2.24) is 0 Å². The van der Waals surface area contributed by atoms with Crippen LogP contribution in [0.15, 0.2) is 0 Å². The number of hydrogen-bond donors (Lipinski definition) is 0. The van der Waals surface area contributed by atoms with E-state index in [1.165, 1.54) is 0 Å². The quantitative estimate of drug-likeness (QED) is 0.445. The molecule has 0 radical (unpaired) electrons. The van der Waals surface area contributed by atoms with Crippen LogP contribution in [0.4, 0.5) is 0 Å². The van der Waals surface area contributed by atoms with Gasteiger partial charge >= 0.3 is 0 Å². The first-order valence-electron chi connectivity index (χ1n) is 2.12. The van der Waals surface area contributed by atoms with E-state index in [0.29, 0.717) is 0 Å².